The van der Waals surface area contributed by atoms with Gasteiger partial charge in [0.05, 0.1) is 5.92 Å². The van der Waals surface area contributed by atoms with Crippen LogP contribution in [0.25, 0.3) is 0 Å². The van der Waals surface area contributed by atoms with E-state index in [1.165, 1.54) is 6.92 Å². The van der Waals surface area contributed by atoms with Crippen LogP contribution in [0.1, 0.15) is 75.7 Å². The highest BCUT2D eigenvalue weighted by Crippen LogP contribution is 2.23. The molecule has 2 atom stereocenters. The summed E-state index contributed by atoms with van der Waals surface area (Å²) in [5, 5.41) is 9.27. The average molecular weight is 417 g/mol. The van der Waals surface area contributed by atoms with Crippen LogP contribution in [-0.2, 0) is 23.8 Å². The lowest BCUT2D eigenvalue weighted by molar-refractivity contribution is -0.162. The van der Waals surface area contributed by atoms with Gasteiger partial charge in [0, 0.05) is 0 Å². The number of hydrogen-bond acceptors (Lipinski definition) is 7. The summed E-state index contributed by atoms with van der Waals surface area (Å²) in [5.74, 6) is -3.16. The lowest BCUT2D eigenvalue weighted by atomic mass is 10.0. The second-order valence-corrected chi connectivity index (χ2v) is 9.85. The summed E-state index contributed by atoms with van der Waals surface area (Å²) in [6.07, 6.45) is -2.61. The Morgan fingerprint density at radius 2 is 1.10 bits per heavy atom. The van der Waals surface area contributed by atoms with Crippen LogP contribution in [0.4, 0.5) is 9.59 Å². The maximum atomic E-state index is 12.8. The SMILES string of the molecule is C[C@@H](C[C@@H](C(=O)OC(C)(C)C)N(C(=O)OC(C)(C)C)C(=O)OC(C)(C)C)C(=O)O. The maximum Gasteiger partial charge on any atom is 0.420 e. The van der Waals surface area contributed by atoms with Gasteiger partial charge in [0.15, 0.2) is 0 Å². The number of esters is 1. The number of aliphatic carboxylic acids is 1. The van der Waals surface area contributed by atoms with Gasteiger partial charge in [-0.3, -0.25) is 4.79 Å². The van der Waals surface area contributed by atoms with Crippen LogP contribution in [0.15, 0.2) is 0 Å². The summed E-state index contributed by atoms with van der Waals surface area (Å²) >= 11 is 0. The maximum absolute atomic E-state index is 12.8. The van der Waals surface area contributed by atoms with Gasteiger partial charge in [-0.15, -0.1) is 0 Å². The van der Waals surface area contributed by atoms with Crippen molar-refractivity contribution in [3.63, 3.8) is 0 Å². The quantitative estimate of drug-likeness (QED) is 0.527. The van der Waals surface area contributed by atoms with Crippen molar-refractivity contribution in [1.82, 2.24) is 4.90 Å². The number of amides is 2. The Labute approximate surface area is 172 Å². The summed E-state index contributed by atoms with van der Waals surface area (Å²) in [4.78, 5) is 50.3. The highest BCUT2D eigenvalue weighted by atomic mass is 16.6. The van der Waals surface area contributed by atoms with Gasteiger partial charge in [0.2, 0.25) is 0 Å². The third-order valence-electron chi connectivity index (χ3n) is 3.17. The first-order valence-corrected chi connectivity index (χ1v) is 9.44. The molecule has 1 N–H and O–H groups in total. The Morgan fingerprint density at radius 3 is 1.38 bits per heavy atom. The van der Waals surface area contributed by atoms with Crippen molar-refractivity contribution in [2.75, 3.05) is 0 Å². The zero-order chi connectivity index (χ0) is 23.4. The number of rotatable bonds is 5. The van der Waals surface area contributed by atoms with Crippen LogP contribution < -0.4 is 0 Å². The first-order valence-electron chi connectivity index (χ1n) is 9.44. The molecule has 0 spiro atoms. The third kappa shape index (κ3) is 10.7. The summed E-state index contributed by atoms with van der Waals surface area (Å²) in [6.45, 7) is 15.8. The van der Waals surface area contributed by atoms with Gasteiger partial charge in [-0.25, -0.2) is 14.4 Å². The molecule has 0 fully saturated rings. The van der Waals surface area contributed by atoms with Crippen molar-refractivity contribution in [2.24, 2.45) is 5.92 Å². The normalized spacial score (nSPS) is 14.4. The summed E-state index contributed by atoms with van der Waals surface area (Å²) in [5.41, 5.74) is -2.85. The molecule has 0 bridgehead atoms. The molecule has 0 heterocycles. The summed E-state index contributed by atoms with van der Waals surface area (Å²) in [6, 6.07) is -1.54. The van der Waals surface area contributed by atoms with E-state index in [9.17, 15) is 24.3 Å². The molecule has 0 aliphatic rings. The van der Waals surface area contributed by atoms with E-state index < -0.39 is 52.9 Å². The summed E-state index contributed by atoms with van der Waals surface area (Å²) in [7, 11) is 0. The Kier molecular flexibility index (Phi) is 8.70. The van der Waals surface area contributed by atoms with Crippen molar-refractivity contribution in [3.05, 3.63) is 0 Å². The van der Waals surface area contributed by atoms with E-state index in [1.54, 1.807) is 62.3 Å². The van der Waals surface area contributed by atoms with E-state index in [2.05, 4.69) is 0 Å². The molecule has 0 aromatic heterocycles. The van der Waals surface area contributed by atoms with E-state index >= 15 is 0 Å². The molecule has 0 aromatic rings. The Hall–Kier alpha value is -2.32. The van der Waals surface area contributed by atoms with Crippen molar-refractivity contribution in [2.45, 2.75) is 98.5 Å². The number of hydrogen-bond donors (Lipinski definition) is 1. The van der Waals surface area contributed by atoms with E-state index in [0.29, 0.717) is 4.90 Å². The minimum atomic E-state index is -1.54. The number of imide groups is 1. The van der Waals surface area contributed by atoms with Crippen LogP contribution in [-0.4, -0.2) is 57.0 Å². The molecule has 0 rings (SSSR count). The first kappa shape index (κ1) is 26.7. The molecule has 9 heteroatoms. The van der Waals surface area contributed by atoms with Gasteiger partial charge in [-0.2, -0.15) is 4.90 Å². The lowest BCUT2D eigenvalue weighted by Gasteiger charge is -2.34. The molecule has 0 saturated heterocycles. The number of carboxylic acid groups (broad SMARTS) is 1. The minimum Gasteiger partial charge on any atom is -0.481 e. The topological polar surface area (TPSA) is 119 Å². The molecule has 2 amide bonds. The van der Waals surface area contributed by atoms with Crippen molar-refractivity contribution >= 4 is 24.1 Å². The zero-order valence-corrected chi connectivity index (χ0v) is 19.1. The lowest BCUT2D eigenvalue weighted by Crippen LogP contribution is -2.54. The number of carbonyl (C=O) groups excluding carboxylic acids is 3. The van der Waals surface area contributed by atoms with E-state index in [1.807, 2.05) is 0 Å². The molecule has 0 saturated carbocycles. The predicted molar refractivity (Wildman–Crippen MR) is 105 cm³/mol. The van der Waals surface area contributed by atoms with E-state index in [4.69, 9.17) is 14.2 Å². The Morgan fingerprint density at radius 1 is 0.759 bits per heavy atom. The third-order valence-corrected chi connectivity index (χ3v) is 3.17. The highest BCUT2D eigenvalue weighted by molar-refractivity contribution is 5.94. The van der Waals surface area contributed by atoms with E-state index in [0.717, 1.165) is 0 Å². The van der Waals surface area contributed by atoms with Gasteiger partial charge >= 0.3 is 24.1 Å². The highest BCUT2D eigenvalue weighted by Gasteiger charge is 2.43. The van der Waals surface area contributed by atoms with Gasteiger partial charge in [-0.05, 0) is 68.7 Å². The smallest absolute Gasteiger partial charge is 0.420 e. The fourth-order valence-electron chi connectivity index (χ4n) is 2.06. The van der Waals surface area contributed by atoms with Crippen LogP contribution in [0.2, 0.25) is 0 Å². The van der Waals surface area contributed by atoms with Gasteiger partial charge in [-0.1, -0.05) is 6.92 Å². The van der Waals surface area contributed by atoms with Crippen molar-refractivity contribution in [3.8, 4) is 0 Å². The number of ether oxygens (including phenoxy) is 3. The largest absolute Gasteiger partial charge is 0.481 e. The summed E-state index contributed by atoms with van der Waals surface area (Å²) < 4.78 is 15.9. The number of carboxylic acids is 1. The second kappa shape index (κ2) is 9.45. The van der Waals surface area contributed by atoms with Gasteiger partial charge in [0.1, 0.15) is 22.8 Å². The fourth-order valence-corrected chi connectivity index (χ4v) is 2.06. The molecule has 0 aliphatic heterocycles. The van der Waals surface area contributed by atoms with Crippen LogP contribution in [0.5, 0.6) is 0 Å². The Bertz CT molecular complexity index is 594. The Balaban J connectivity index is 6.20. The molecule has 0 aliphatic carbocycles. The van der Waals surface area contributed by atoms with Crippen LogP contribution in [0, 0.1) is 5.92 Å². The molecule has 0 aromatic carbocycles. The molecular weight excluding hydrogens is 382 g/mol. The monoisotopic (exact) mass is 417 g/mol. The average Bonchev–Trinajstić information content (AvgIpc) is 2.40. The van der Waals surface area contributed by atoms with E-state index in [-0.39, 0.29) is 6.42 Å². The molecule has 0 unspecified atom stereocenters. The predicted octanol–water partition coefficient (Wildman–Crippen LogP) is 3.98. The molecular formula is C20H35NO8. The zero-order valence-electron chi connectivity index (χ0n) is 19.1. The molecule has 0 radical (unpaired) electrons. The van der Waals surface area contributed by atoms with Crippen molar-refractivity contribution < 1.29 is 38.5 Å². The van der Waals surface area contributed by atoms with Crippen LogP contribution in [0.3, 0.4) is 0 Å². The first-order chi connectivity index (χ1) is 12.7. The van der Waals surface area contributed by atoms with Gasteiger partial charge < -0.3 is 19.3 Å². The van der Waals surface area contributed by atoms with Gasteiger partial charge in [0.25, 0.3) is 0 Å². The second-order valence-electron chi connectivity index (χ2n) is 9.85. The standard InChI is InChI=1S/C20H35NO8/c1-12(14(22)23)11-13(15(24)27-18(2,3)4)21(16(25)28-19(5,6)7)17(26)29-20(8,9)10/h12-13H,11H2,1-10H3,(H,22,23)/t12-,13-/m0/s1. The minimum absolute atomic E-state index is 0.358. The number of nitrogens with zero attached hydrogens (tertiary/aromatic N) is 1. The van der Waals surface area contributed by atoms with Crippen molar-refractivity contribution in [1.29, 1.82) is 0 Å². The van der Waals surface area contributed by atoms with Crippen LogP contribution >= 0.6 is 0 Å². The molecule has 29 heavy (non-hydrogen) atoms. The molecule has 168 valence electrons. The molecule has 9 nitrogen and oxygen atoms in total. The number of carbonyl (C=O) groups is 4. The fraction of sp³-hybridized carbons (Fsp3) is 0.800.